The fourth-order valence-electron chi connectivity index (χ4n) is 4.53. The average molecular weight is 522 g/mol. The maximum atomic E-state index is 13.2. The number of piperidine rings is 1. The molecular weight excluding hydrogens is 490 g/mol. The molecule has 0 atom stereocenters. The molecule has 190 valence electrons. The number of hydrogen-bond acceptors (Lipinski definition) is 5. The van der Waals surface area contributed by atoms with Crippen LogP contribution in [0.4, 0.5) is 4.79 Å². The summed E-state index contributed by atoms with van der Waals surface area (Å²) in [5, 5.41) is 2.22. The predicted octanol–water partition coefficient (Wildman–Crippen LogP) is 3.97. The molecule has 2 aliphatic heterocycles. The van der Waals surface area contributed by atoms with Gasteiger partial charge in [0.05, 0.1) is 11.4 Å². The first-order valence-electron chi connectivity index (χ1n) is 11.9. The third-order valence-corrected chi connectivity index (χ3v) is 8.52. The molecule has 0 bridgehead atoms. The molecule has 2 fully saturated rings. The molecule has 0 unspecified atom stereocenters. The number of piperazine rings is 1. The van der Waals surface area contributed by atoms with Gasteiger partial charge in [-0.2, -0.15) is 4.31 Å². The van der Waals surface area contributed by atoms with Gasteiger partial charge in [-0.3, -0.25) is 4.79 Å². The Morgan fingerprint density at radius 3 is 2.34 bits per heavy atom. The highest BCUT2D eigenvalue weighted by molar-refractivity contribution is 7.89. The van der Waals surface area contributed by atoms with E-state index in [1.165, 1.54) is 4.31 Å². The number of amides is 2. The quantitative estimate of drug-likeness (QED) is 0.607. The second kappa shape index (κ2) is 9.95. The largest absolute Gasteiger partial charge is 0.444 e. The van der Waals surface area contributed by atoms with Crippen molar-refractivity contribution >= 4 is 44.4 Å². The topological polar surface area (TPSA) is 87.2 Å². The van der Waals surface area contributed by atoms with Crippen molar-refractivity contribution in [2.75, 3.05) is 39.3 Å². The van der Waals surface area contributed by atoms with E-state index < -0.39 is 15.6 Å². The Bertz CT molecular complexity index is 1220. The van der Waals surface area contributed by atoms with E-state index in [2.05, 4.69) is 0 Å². The lowest BCUT2D eigenvalue weighted by molar-refractivity contribution is -0.135. The van der Waals surface area contributed by atoms with Crippen LogP contribution in [0.25, 0.3) is 10.8 Å². The lowest BCUT2D eigenvalue weighted by Crippen LogP contribution is -2.53. The number of rotatable bonds is 4. The summed E-state index contributed by atoms with van der Waals surface area (Å²) in [7, 11) is -3.79. The maximum Gasteiger partial charge on any atom is 0.410 e. The fraction of sp³-hybridized carbons (Fsp3) is 0.520. The molecule has 4 rings (SSSR count). The number of halogens is 1. The lowest BCUT2D eigenvalue weighted by atomic mass is 9.96. The van der Waals surface area contributed by atoms with E-state index in [9.17, 15) is 18.0 Å². The Morgan fingerprint density at radius 2 is 1.69 bits per heavy atom. The third kappa shape index (κ3) is 6.08. The van der Waals surface area contributed by atoms with Gasteiger partial charge in [0.25, 0.3) is 0 Å². The van der Waals surface area contributed by atoms with Gasteiger partial charge in [0.2, 0.25) is 15.9 Å². The van der Waals surface area contributed by atoms with E-state index in [1.807, 2.05) is 20.8 Å². The number of carbonyl (C=O) groups is 2. The molecule has 2 aromatic carbocycles. The Morgan fingerprint density at radius 1 is 1.03 bits per heavy atom. The van der Waals surface area contributed by atoms with Crippen molar-refractivity contribution < 1.29 is 22.7 Å². The van der Waals surface area contributed by atoms with Gasteiger partial charge in [0, 0.05) is 37.7 Å². The summed E-state index contributed by atoms with van der Waals surface area (Å²) >= 11 is 6.02. The van der Waals surface area contributed by atoms with E-state index in [0.29, 0.717) is 31.2 Å². The molecular formula is C25H32ClN3O5S. The van der Waals surface area contributed by atoms with Gasteiger partial charge >= 0.3 is 6.09 Å². The average Bonchev–Trinajstić information content (AvgIpc) is 2.79. The van der Waals surface area contributed by atoms with Crippen LogP contribution in [0, 0.1) is 5.92 Å². The molecule has 10 heteroatoms. The van der Waals surface area contributed by atoms with Crippen LogP contribution < -0.4 is 0 Å². The molecule has 0 aliphatic carbocycles. The Labute approximate surface area is 211 Å². The van der Waals surface area contributed by atoms with E-state index in [-0.39, 0.29) is 35.9 Å². The molecule has 2 heterocycles. The van der Waals surface area contributed by atoms with Crippen molar-refractivity contribution in [2.24, 2.45) is 5.92 Å². The summed E-state index contributed by atoms with van der Waals surface area (Å²) in [6, 6.07) is 10.2. The number of benzene rings is 2. The minimum Gasteiger partial charge on any atom is -0.444 e. The molecule has 2 amide bonds. The number of nitrogens with zero attached hydrogens (tertiary/aromatic N) is 3. The van der Waals surface area contributed by atoms with Crippen LogP contribution >= 0.6 is 11.6 Å². The zero-order chi connectivity index (χ0) is 25.4. The van der Waals surface area contributed by atoms with E-state index >= 15 is 0 Å². The lowest BCUT2D eigenvalue weighted by Gasteiger charge is -2.38. The fourth-order valence-corrected chi connectivity index (χ4v) is 6.12. The number of fused-ring (bicyclic) bond motifs is 1. The van der Waals surface area contributed by atoms with Gasteiger partial charge < -0.3 is 14.5 Å². The highest BCUT2D eigenvalue weighted by atomic mass is 35.5. The standard InChI is InChI=1S/C25H32ClN3O5S/c1-25(2,3)34-24(31)27-10-8-18(9-11-27)16-28-12-13-29(17-23(28)30)35(32,33)22-7-5-19-14-21(26)6-4-20(19)15-22/h4-7,14-15,18H,8-13,16-17H2,1-3H3. The second-order valence-electron chi connectivity index (χ2n) is 10.2. The Kier molecular flexibility index (Phi) is 7.31. The monoisotopic (exact) mass is 521 g/mol. The summed E-state index contributed by atoms with van der Waals surface area (Å²) in [6.07, 6.45) is 1.26. The van der Waals surface area contributed by atoms with Crippen LogP contribution in [0.3, 0.4) is 0 Å². The first kappa shape index (κ1) is 25.7. The van der Waals surface area contributed by atoms with Crippen LogP contribution in [-0.2, 0) is 19.6 Å². The van der Waals surface area contributed by atoms with Crippen molar-refractivity contribution in [1.82, 2.24) is 14.1 Å². The van der Waals surface area contributed by atoms with E-state index in [4.69, 9.17) is 16.3 Å². The highest BCUT2D eigenvalue weighted by Gasteiger charge is 2.35. The smallest absolute Gasteiger partial charge is 0.410 e. The normalized spacial score (nSPS) is 18.8. The molecule has 2 aliphatic rings. The second-order valence-corrected chi connectivity index (χ2v) is 12.6. The van der Waals surface area contributed by atoms with Crippen LogP contribution in [0.1, 0.15) is 33.6 Å². The SMILES string of the molecule is CC(C)(C)OC(=O)N1CCC(CN2CCN(S(=O)(=O)c3ccc4cc(Cl)ccc4c3)CC2=O)CC1. The predicted molar refractivity (Wildman–Crippen MR) is 135 cm³/mol. The molecule has 0 saturated carbocycles. The van der Waals surface area contributed by atoms with Crippen LogP contribution in [0.5, 0.6) is 0 Å². The first-order valence-corrected chi connectivity index (χ1v) is 13.7. The molecule has 2 saturated heterocycles. The van der Waals surface area contributed by atoms with Crippen molar-refractivity contribution in [3.63, 3.8) is 0 Å². The van der Waals surface area contributed by atoms with Crippen molar-refractivity contribution in [2.45, 2.75) is 44.1 Å². The van der Waals surface area contributed by atoms with E-state index in [1.54, 1.807) is 46.2 Å². The molecule has 35 heavy (non-hydrogen) atoms. The number of sulfonamides is 1. The summed E-state index contributed by atoms with van der Waals surface area (Å²) in [4.78, 5) is 28.8. The zero-order valence-corrected chi connectivity index (χ0v) is 21.9. The summed E-state index contributed by atoms with van der Waals surface area (Å²) < 4.78 is 33.1. The van der Waals surface area contributed by atoms with Gasteiger partial charge in [-0.15, -0.1) is 0 Å². The minimum absolute atomic E-state index is 0.169. The third-order valence-electron chi connectivity index (χ3n) is 6.44. The van der Waals surface area contributed by atoms with Crippen molar-refractivity contribution in [3.8, 4) is 0 Å². The molecule has 2 aromatic rings. The first-order chi connectivity index (χ1) is 16.4. The highest BCUT2D eigenvalue weighted by Crippen LogP contribution is 2.26. The van der Waals surface area contributed by atoms with Crippen LogP contribution in [0.2, 0.25) is 5.02 Å². The Hall–Kier alpha value is -2.36. The number of hydrogen-bond donors (Lipinski definition) is 0. The van der Waals surface area contributed by atoms with Crippen molar-refractivity contribution in [1.29, 1.82) is 0 Å². The maximum absolute atomic E-state index is 13.2. The van der Waals surface area contributed by atoms with Gasteiger partial charge in [-0.25, -0.2) is 13.2 Å². The molecule has 0 N–H and O–H groups in total. The summed E-state index contributed by atoms with van der Waals surface area (Å²) in [6.45, 7) is 7.74. The number of carbonyl (C=O) groups excluding carboxylic acids is 2. The molecule has 8 nitrogen and oxygen atoms in total. The van der Waals surface area contributed by atoms with Gasteiger partial charge in [0.1, 0.15) is 5.60 Å². The number of likely N-dealkylation sites (tertiary alicyclic amines) is 1. The van der Waals surface area contributed by atoms with Crippen molar-refractivity contribution in [3.05, 3.63) is 41.4 Å². The van der Waals surface area contributed by atoms with E-state index in [0.717, 1.165) is 23.6 Å². The van der Waals surface area contributed by atoms with Crippen LogP contribution in [-0.4, -0.2) is 79.4 Å². The summed E-state index contributed by atoms with van der Waals surface area (Å²) in [5.41, 5.74) is -0.527. The summed E-state index contributed by atoms with van der Waals surface area (Å²) in [5.74, 6) is 0.0788. The zero-order valence-electron chi connectivity index (χ0n) is 20.4. The van der Waals surface area contributed by atoms with Gasteiger partial charge in [-0.05, 0) is 74.6 Å². The molecule has 0 spiro atoms. The van der Waals surface area contributed by atoms with Gasteiger partial charge in [-0.1, -0.05) is 23.7 Å². The Balaban J connectivity index is 1.33. The number of ether oxygens (including phenoxy) is 1. The molecule has 0 aromatic heterocycles. The molecule has 0 radical (unpaired) electrons. The minimum atomic E-state index is -3.79. The van der Waals surface area contributed by atoms with Gasteiger partial charge in [0.15, 0.2) is 0 Å². The van der Waals surface area contributed by atoms with Crippen LogP contribution in [0.15, 0.2) is 41.3 Å².